The topological polar surface area (TPSA) is 45.9 Å². The summed E-state index contributed by atoms with van der Waals surface area (Å²) in [6.07, 6.45) is -2.77. The van der Waals surface area contributed by atoms with Crippen molar-refractivity contribution in [1.82, 2.24) is 4.98 Å². The van der Waals surface area contributed by atoms with Gasteiger partial charge in [-0.25, -0.2) is 13.8 Å². The molecule has 1 aromatic rings. The van der Waals surface area contributed by atoms with Crippen LogP contribution < -0.4 is 4.74 Å². The van der Waals surface area contributed by atoms with Crippen molar-refractivity contribution in [2.24, 2.45) is 0 Å². The van der Waals surface area contributed by atoms with E-state index in [9.17, 15) is 8.78 Å². The van der Waals surface area contributed by atoms with E-state index < -0.39 is 12.1 Å². The predicted molar refractivity (Wildman–Crippen MR) is 48.2 cm³/mol. The van der Waals surface area contributed by atoms with Gasteiger partial charge < -0.3 is 4.74 Å². The number of rotatable bonds is 2. The van der Waals surface area contributed by atoms with Crippen LogP contribution in [0.5, 0.6) is 5.75 Å². The second-order valence-electron chi connectivity index (χ2n) is 2.32. The quantitative estimate of drug-likeness (QED) is 0.770. The summed E-state index contributed by atoms with van der Waals surface area (Å²) in [7, 11) is 1.22. The monoisotopic (exact) mass is 262 g/mol. The highest BCUT2D eigenvalue weighted by Gasteiger charge is 2.20. The van der Waals surface area contributed by atoms with Gasteiger partial charge in [0.2, 0.25) is 0 Å². The lowest BCUT2D eigenvalue weighted by atomic mass is 10.2. The summed E-state index contributed by atoms with van der Waals surface area (Å²) in [6.45, 7) is 0. The third-order valence-corrected chi connectivity index (χ3v) is 1.91. The number of pyridine rings is 1. The highest BCUT2D eigenvalue weighted by molar-refractivity contribution is 9.10. The van der Waals surface area contributed by atoms with Crippen molar-refractivity contribution in [3.63, 3.8) is 0 Å². The van der Waals surface area contributed by atoms with E-state index in [4.69, 9.17) is 10.00 Å². The molecular weight excluding hydrogens is 258 g/mol. The molecule has 0 aliphatic carbocycles. The molecule has 0 unspecified atom stereocenters. The molecule has 0 saturated heterocycles. The van der Waals surface area contributed by atoms with Gasteiger partial charge >= 0.3 is 0 Å². The summed E-state index contributed by atoms with van der Waals surface area (Å²) >= 11 is 2.93. The number of methoxy groups -OCH3 is 1. The van der Waals surface area contributed by atoms with Crippen LogP contribution in [0.15, 0.2) is 10.7 Å². The van der Waals surface area contributed by atoms with Gasteiger partial charge in [0.1, 0.15) is 10.7 Å². The number of hydrogen-bond acceptors (Lipinski definition) is 3. The van der Waals surface area contributed by atoms with Crippen molar-refractivity contribution in [3.05, 3.63) is 21.9 Å². The number of alkyl halides is 2. The molecule has 3 nitrogen and oxygen atoms in total. The fourth-order valence-electron chi connectivity index (χ4n) is 0.966. The van der Waals surface area contributed by atoms with Gasteiger partial charge in [0.15, 0.2) is 11.4 Å². The van der Waals surface area contributed by atoms with Gasteiger partial charge in [-0.15, -0.1) is 0 Å². The van der Waals surface area contributed by atoms with Gasteiger partial charge in [-0.1, -0.05) is 0 Å². The lowest BCUT2D eigenvalue weighted by molar-refractivity contribution is 0.141. The normalized spacial score (nSPS) is 10.0. The van der Waals surface area contributed by atoms with Crippen molar-refractivity contribution in [1.29, 1.82) is 5.26 Å². The minimum Gasteiger partial charge on any atom is -0.493 e. The molecule has 0 N–H and O–H groups in total. The van der Waals surface area contributed by atoms with Crippen LogP contribution in [0.1, 0.15) is 17.7 Å². The van der Waals surface area contributed by atoms with Crippen LogP contribution >= 0.6 is 15.9 Å². The molecule has 74 valence electrons. The molecule has 0 radical (unpaired) electrons. The smallest absolute Gasteiger partial charge is 0.284 e. The Morgan fingerprint density at radius 3 is 2.71 bits per heavy atom. The maximum Gasteiger partial charge on any atom is 0.284 e. The van der Waals surface area contributed by atoms with E-state index in [0.29, 0.717) is 0 Å². The van der Waals surface area contributed by atoms with Crippen molar-refractivity contribution < 1.29 is 13.5 Å². The van der Waals surface area contributed by atoms with E-state index in [1.165, 1.54) is 13.2 Å². The van der Waals surface area contributed by atoms with Crippen molar-refractivity contribution in [3.8, 4) is 11.8 Å². The zero-order valence-corrected chi connectivity index (χ0v) is 8.68. The van der Waals surface area contributed by atoms with E-state index in [1.54, 1.807) is 6.07 Å². The molecule has 0 atom stereocenters. The Labute approximate surface area is 87.5 Å². The van der Waals surface area contributed by atoms with Crippen molar-refractivity contribution in [2.75, 3.05) is 7.11 Å². The number of halogens is 3. The molecule has 0 aliphatic rings. The van der Waals surface area contributed by atoms with Crippen molar-refractivity contribution in [2.45, 2.75) is 6.43 Å². The molecule has 0 aliphatic heterocycles. The first-order valence-electron chi connectivity index (χ1n) is 3.52. The number of hydrogen-bond donors (Lipinski definition) is 0. The summed E-state index contributed by atoms with van der Waals surface area (Å²) in [5, 5.41) is 8.66. The van der Waals surface area contributed by atoms with Crippen LogP contribution in [-0.4, -0.2) is 12.1 Å². The number of aromatic nitrogens is 1. The highest BCUT2D eigenvalue weighted by Crippen LogP contribution is 2.31. The molecule has 0 bridgehead atoms. The van der Waals surface area contributed by atoms with Crippen LogP contribution in [0.4, 0.5) is 8.78 Å². The largest absolute Gasteiger partial charge is 0.493 e. The lowest BCUT2D eigenvalue weighted by Crippen LogP contribution is -1.99. The van der Waals surface area contributed by atoms with E-state index >= 15 is 0 Å². The van der Waals surface area contributed by atoms with Crippen LogP contribution in [0, 0.1) is 11.3 Å². The molecule has 0 amide bonds. The van der Waals surface area contributed by atoms with Gasteiger partial charge in [-0.05, 0) is 22.0 Å². The van der Waals surface area contributed by atoms with E-state index in [2.05, 4.69) is 20.9 Å². The van der Waals surface area contributed by atoms with Crippen LogP contribution in [0.2, 0.25) is 0 Å². The maximum absolute atomic E-state index is 12.4. The number of nitriles is 1. The van der Waals surface area contributed by atoms with Gasteiger partial charge in [-0.3, -0.25) is 0 Å². The fourth-order valence-corrected chi connectivity index (χ4v) is 1.39. The standard InChI is InChI=1S/C8H5BrF2N2O/c1-14-7-4(3-12)2-5(9)13-6(7)8(10)11/h2,8H,1H3. The van der Waals surface area contributed by atoms with Gasteiger partial charge in [-0.2, -0.15) is 5.26 Å². The summed E-state index contributed by atoms with van der Waals surface area (Å²) < 4.78 is 29.8. The van der Waals surface area contributed by atoms with Crippen LogP contribution in [0.25, 0.3) is 0 Å². The maximum atomic E-state index is 12.4. The predicted octanol–water partition coefficient (Wildman–Crippen LogP) is 2.66. The zero-order chi connectivity index (χ0) is 10.7. The average Bonchev–Trinajstić information content (AvgIpc) is 2.16. The molecule has 0 spiro atoms. The Bertz CT molecular complexity index is 390. The first-order chi connectivity index (χ1) is 6.60. The number of ether oxygens (including phenoxy) is 1. The fraction of sp³-hybridized carbons (Fsp3) is 0.250. The minimum atomic E-state index is -2.77. The number of nitrogens with zero attached hydrogens (tertiary/aromatic N) is 2. The van der Waals surface area contributed by atoms with Gasteiger partial charge in [0, 0.05) is 0 Å². The van der Waals surface area contributed by atoms with Crippen LogP contribution in [-0.2, 0) is 0 Å². The first-order valence-corrected chi connectivity index (χ1v) is 4.32. The van der Waals surface area contributed by atoms with Gasteiger partial charge in [0.05, 0.1) is 12.7 Å². The molecule has 0 aromatic carbocycles. The summed E-state index contributed by atoms with van der Waals surface area (Å²) in [6, 6.07) is 3.08. The highest BCUT2D eigenvalue weighted by atomic mass is 79.9. The minimum absolute atomic E-state index is 0.0321. The summed E-state index contributed by atoms with van der Waals surface area (Å²) in [5.41, 5.74) is -0.497. The summed E-state index contributed by atoms with van der Waals surface area (Å²) in [4.78, 5) is 3.54. The van der Waals surface area contributed by atoms with E-state index in [0.717, 1.165) is 0 Å². The summed E-state index contributed by atoms with van der Waals surface area (Å²) in [5.74, 6) is -0.175. The molecule has 1 heterocycles. The third kappa shape index (κ3) is 1.99. The molecular formula is C8H5BrF2N2O. The molecule has 0 saturated carbocycles. The second-order valence-corrected chi connectivity index (χ2v) is 3.14. The molecule has 1 aromatic heterocycles. The third-order valence-electron chi connectivity index (χ3n) is 1.50. The molecule has 14 heavy (non-hydrogen) atoms. The van der Waals surface area contributed by atoms with Crippen molar-refractivity contribution >= 4 is 15.9 Å². The average molecular weight is 263 g/mol. The SMILES string of the molecule is COc1c(C#N)cc(Br)nc1C(F)F. The Morgan fingerprint density at radius 1 is 1.64 bits per heavy atom. The molecule has 0 fully saturated rings. The lowest BCUT2D eigenvalue weighted by Gasteiger charge is -2.08. The first kappa shape index (κ1) is 10.9. The van der Waals surface area contributed by atoms with E-state index in [1.807, 2.05) is 0 Å². The Kier molecular flexibility index (Phi) is 3.36. The van der Waals surface area contributed by atoms with Gasteiger partial charge in [0.25, 0.3) is 6.43 Å². The Balaban J connectivity index is 3.41. The van der Waals surface area contributed by atoms with E-state index in [-0.39, 0.29) is 15.9 Å². The Hall–Kier alpha value is -1.22. The van der Waals surface area contributed by atoms with Crippen LogP contribution in [0.3, 0.4) is 0 Å². The Morgan fingerprint density at radius 2 is 2.29 bits per heavy atom. The molecule has 6 heteroatoms. The zero-order valence-electron chi connectivity index (χ0n) is 7.09. The molecule has 1 rings (SSSR count). The second kappa shape index (κ2) is 4.33.